The first-order valence-electron chi connectivity index (χ1n) is 10.7. The molecule has 0 bridgehead atoms. The third kappa shape index (κ3) is 5.56. The lowest BCUT2D eigenvalue weighted by molar-refractivity contribution is 0.217. The van der Waals surface area contributed by atoms with Crippen molar-refractivity contribution in [3.8, 4) is 0 Å². The van der Waals surface area contributed by atoms with Gasteiger partial charge in [-0.25, -0.2) is 8.42 Å². The molecule has 0 N–H and O–H groups in total. The second-order valence-corrected chi connectivity index (χ2v) is 16.5. The number of aryl methyl sites for hydroxylation is 1. The lowest BCUT2D eigenvalue weighted by atomic mass is 9.99. The maximum absolute atomic E-state index is 13.2. The molecule has 2 saturated heterocycles. The average Bonchev–Trinajstić information content (AvgIpc) is 3.03. The van der Waals surface area contributed by atoms with E-state index in [4.69, 9.17) is 0 Å². The summed E-state index contributed by atoms with van der Waals surface area (Å²) in [5.41, 5.74) is 4.88. The van der Waals surface area contributed by atoms with Gasteiger partial charge in [-0.05, 0) is 63.9 Å². The molecule has 2 heterocycles. The molecule has 0 radical (unpaired) electrons. The first kappa shape index (κ1) is 21.7. The van der Waals surface area contributed by atoms with E-state index in [1.807, 2.05) is 19.1 Å². The van der Waals surface area contributed by atoms with Crippen LogP contribution in [-0.4, -0.2) is 58.4 Å². The Balaban J connectivity index is 1.76. The summed E-state index contributed by atoms with van der Waals surface area (Å²) in [7, 11) is -4.83. The first-order valence-corrected chi connectivity index (χ1v) is 15.7. The molecule has 4 nitrogen and oxygen atoms in total. The molecule has 2 fully saturated rings. The summed E-state index contributed by atoms with van der Waals surface area (Å²) in [4.78, 5) is 2.98. The number of piperidine rings is 1. The van der Waals surface area contributed by atoms with Crippen LogP contribution in [0.25, 0.3) is 0 Å². The van der Waals surface area contributed by atoms with E-state index in [-0.39, 0.29) is 0 Å². The standard InChI is InChI=1S/C22H36N2O2SSi/c1-19-8-10-22(11-9-19)27(25,26)24-16-20(21(17-24)18-28(2,3)4)12-15-23-13-6-5-7-14-23/h8-11,18,20H,5-7,12-17H2,1-4H3/b21-18+. The maximum atomic E-state index is 13.2. The zero-order chi connectivity index (χ0) is 20.4. The number of rotatable bonds is 6. The van der Waals surface area contributed by atoms with Crippen LogP contribution in [0.5, 0.6) is 0 Å². The van der Waals surface area contributed by atoms with Gasteiger partial charge in [0.2, 0.25) is 10.0 Å². The molecule has 3 rings (SSSR count). The summed E-state index contributed by atoms with van der Waals surface area (Å²) >= 11 is 0. The van der Waals surface area contributed by atoms with Crippen LogP contribution in [0.3, 0.4) is 0 Å². The van der Waals surface area contributed by atoms with Crippen LogP contribution in [0.4, 0.5) is 0 Å². The molecule has 2 aliphatic rings. The first-order chi connectivity index (χ1) is 13.1. The highest BCUT2D eigenvalue weighted by molar-refractivity contribution is 7.89. The van der Waals surface area contributed by atoms with Gasteiger partial charge in [0.1, 0.15) is 0 Å². The molecule has 0 aliphatic carbocycles. The van der Waals surface area contributed by atoms with Crippen LogP contribution in [0.15, 0.2) is 40.4 Å². The lowest BCUT2D eigenvalue weighted by Crippen LogP contribution is -2.32. The third-order valence-corrected chi connectivity index (χ3v) is 8.89. The van der Waals surface area contributed by atoms with Crippen molar-refractivity contribution in [2.75, 3.05) is 32.7 Å². The number of likely N-dealkylation sites (tertiary alicyclic amines) is 1. The Bertz CT molecular complexity index is 791. The van der Waals surface area contributed by atoms with Crippen molar-refractivity contribution in [1.82, 2.24) is 9.21 Å². The molecular formula is C22H36N2O2SSi. The Morgan fingerprint density at radius 2 is 1.71 bits per heavy atom. The Morgan fingerprint density at radius 1 is 1.07 bits per heavy atom. The molecule has 1 atom stereocenters. The van der Waals surface area contributed by atoms with Crippen molar-refractivity contribution in [2.24, 2.45) is 5.92 Å². The highest BCUT2D eigenvalue weighted by Crippen LogP contribution is 2.32. The van der Waals surface area contributed by atoms with E-state index in [0.29, 0.717) is 23.9 Å². The van der Waals surface area contributed by atoms with Crippen LogP contribution in [0.2, 0.25) is 19.6 Å². The minimum Gasteiger partial charge on any atom is -0.303 e. The van der Waals surface area contributed by atoms with Crippen LogP contribution in [-0.2, 0) is 10.0 Å². The molecule has 0 amide bonds. The minimum absolute atomic E-state index is 0.355. The molecule has 0 spiro atoms. The van der Waals surface area contributed by atoms with Crippen LogP contribution >= 0.6 is 0 Å². The molecule has 1 unspecified atom stereocenters. The molecule has 2 aliphatic heterocycles. The highest BCUT2D eigenvalue weighted by Gasteiger charge is 2.36. The Kier molecular flexibility index (Phi) is 6.85. The van der Waals surface area contributed by atoms with E-state index in [9.17, 15) is 8.42 Å². The SMILES string of the molecule is Cc1ccc(S(=O)(=O)N2C/C(=C\[Si](C)(C)C)C(CCN3CCCCC3)C2)cc1. The molecule has 6 heteroatoms. The van der Waals surface area contributed by atoms with Crippen molar-refractivity contribution < 1.29 is 8.42 Å². The second kappa shape index (κ2) is 8.82. The highest BCUT2D eigenvalue weighted by atomic mass is 32.2. The molecule has 0 saturated carbocycles. The lowest BCUT2D eigenvalue weighted by Gasteiger charge is -2.28. The third-order valence-electron chi connectivity index (χ3n) is 5.83. The number of sulfonamides is 1. The predicted molar refractivity (Wildman–Crippen MR) is 120 cm³/mol. The van der Waals surface area contributed by atoms with Gasteiger partial charge >= 0.3 is 0 Å². The van der Waals surface area contributed by atoms with Crippen LogP contribution < -0.4 is 0 Å². The second-order valence-electron chi connectivity index (χ2n) is 9.58. The van der Waals surface area contributed by atoms with Crippen LogP contribution in [0, 0.1) is 12.8 Å². The average molecular weight is 421 g/mol. The zero-order valence-electron chi connectivity index (χ0n) is 17.9. The van der Waals surface area contributed by atoms with Crippen molar-refractivity contribution in [3.63, 3.8) is 0 Å². The number of hydrogen-bond acceptors (Lipinski definition) is 3. The summed E-state index contributed by atoms with van der Waals surface area (Å²) in [6.45, 7) is 13.7. The fourth-order valence-electron chi connectivity index (χ4n) is 4.32. The summed E-state index contributed by atoms with van der Waals surface area (Å²) in [5.74, 6) is 0.355. The quantitative estimate of drug-likeness (QED) is 0.645. The summed E-state index contributed by atoms with van der Waals surface area (Å²) in [6, 6.07) is 7.26. The van der Waals surface area contributed by atoms with Gasteiger partial charge < -0.3 is 4.90 Å². The van der Waals surface area contributed by atoms with Gasteiger partial charge in [0.25, 0.3) is 0 Å². The maximum Gasteiger partial charge on any atom is 0.243 e. The van der Waals surface area contributed by atoms with Gasteiger partial charge in [-0.2, -0.15) is 4.31 Å². The van der Waals surface area contributed by atoms with E-state index in [1.165, 1.54) is 37.9 Å². The largest absolute Gasteiger partial charge is 0.303 e. The van der Waals surface area contributed by atoms with Gasteiger partial charge in [0.05, 0.1) is 13.0 Å². The summed E-state index contributed by atoms with van der Waals surface area (Å²) in [6.07, 6.45) is 5.02. The van der Waals surface area contributed by atoms with E-state index in [2.05, 4.69) is 30.2 Å². The Morgan fingerprint density at radius 3 is 2.32 bits per heavy atom. The van der Waals surface area contributed by atoms with E-state index in [0.717, 1.165) is 18.5 Å². The van der Waals surface area contributed by atoms with Gasteiger partial charge in [0, 0.05) is 13.1 Å². The zero-order valence-corrected chi connectivity index (χ0v) is 19.8. The van der Waals surface area contributed by atoms with E-state index >= 15 is 0 Å². The molecule has 0 aromatic heterocycles. The minimum atomic E-state index is -3.43. The monoisotopic (exact) mass is 420 g/mol. The number of nitrogens with zero attached hydrogens (tertiary/aromatic N) is 2. The van der Waals surface area contributed by atoms with Crippen molar-refractivity contribution in [3.05, 3.63) is 41.1 Å². The molecule has 156 valence electrons. The van der Waals surface area contributed by atoms with Gasteiger partial charge in [0.15, 0.2) is 0 Å². The van der Waals surface area contributed by atoms with Gasteiger partial charge in [-0.1, -0.05) is 55.0 Å². The normalized spacial score (nSPS) is 24.1. The predicted octanol–water partition coefficient (Wildman–Crippen LogP) is 4.30. The van der Waals surface area contributed by atoms with E-state index in [1.54, 1.807) is 16.4 Å². The van der Waals surface area contributed by atoms with Crippen molar-refractivity contribution >= 4 is 18.1 Å². The number of benzene rings is 1. The smallest absolute Gasteiger partial charge is 0.243 e. The van der Waals surface area contributed by atoms with E-state index < -0.39 is 18.1 Å². The van der Waals surface area contributed by atoms with Crippen molar-refractivity contribution in [1.29, 1.82) is 0 Å². The molecule has 28 heavy (non-hydrogen) atoms. The topological polar surface area (TPSA) is 40.6 Å². The number of hydrogen-bond donors (Lipinski definition) is 0. The fourth-order valence-corrected chi connectivity index (χ4v) is 7.23. The van der Waals surface area contributed by atoms with Gasteiger partial charge in [-0.15, -0.1) is 0 Å². The molecule has 1 aromatic carbocycles. The molecule has 1 aromatic rings. The Hall–Kier alpha value is -0.953. The van der Waals surface area contributed by atoms with Crippen LogP contribution in [0.1, 0.15) is 31.2 Å². The van der Waals surface area contributed by atoms with Crippen molar-refractivity contribution in [2.45, 2.75) is 57.1 Å². The Labute approximate surface area is 172 Å². The fraction of sp³-hybridized carbons (Fsp3) is 0.636. The molecular weight excluding hydrogens is 384 g/mol. The van der Waals surface area contributed by atoms with Gasteiger partial charge in [-0.3, -0.25) is 0 Å². The summed E-state index contributed by atoms with van der Waals surface area (Å²) < 4.78 is 28.1. The summed E-state index contributed by atoms with van der Waals surface area (Å²) in [5, 5.41) is 0.